The molecule has 0 spiro atoms. The van der Waals surface area contributed by atoms with Crippen LogP contribution >= 0.6 is 24.0 Å². The first kappa shape index (κ1) is 21.5. The van der Waals surface area contributed by atoms with E-state index in [1.807, 2.05) is 18.2 Å². The van der Waals surface area contributed by atoms with Gasteiger partial charge in [-0.3, -0.25) is 0 Å². The molecule has 0 aliphatic carbocycles. The highest BCUT2D eigenvalue weighted by molar-refractivity contribution is 6.32. The number of fused-ring (bicyclic) bond motifs is 1. The number of hydrogen-bond donors (Lipinski definition) is 1. The molecule has 4 rings (SSSR count). The van der Waals surface area contributed by atoms with E-state index in [0.717, 1.165) is 22.2 Å². The van der Waals surface area contributed by atoms with Crippen molar-refractivity contribution in [3.05, 3.63) is 65.8 Å². The zero-order chi connectivity index (χ0) is 20.2. The molecular weight excluding hydrogens is 429 g/mol. The largest absolute Gasteiger partial charge is 0.493 e. The van der Waals surface area contributed by atoms with E-state index < -0.39 is 0 Å². The quantitative estimate of drug-likeness (QED) is 0.392. The van der Waals surface area contributed by atoms with E-state index in [1.165, 1.54) is 6.33 Å². The minimum absolute atomic E-state index is 0. The molecule has 2 aromatic heterocycles. The number of nitrogens with zero attached hydrogens (tertiary/aromatic N) is 2. The molecular formula is C21H19Cl2N3O4. The van der Waals surface area contributed by atoms with Crippen LogP contribution < -0.4 is 19.5 Å². The number of anilines is 2. The first-order valence-electron chi connectivity index (χ1n) is 8.75. The molecule has 2 heterocycles. The fourth-order valence-electron chi connectivity index (χ4n) is 2.85. The summed E-state index contributed by atoms with van der Waals surface area (Å²) in [5.41, 5.74) is 2.42. The van der Waals surface area contributed by atoms with E-state index in [0.29, 0.717) is 34.7 Å². The van der Waals surface area contributed by atoms with Crippen molar-refractivity contribution in [2.24, 2.45) is 0 Å². The lowest BCUT2D eigenvalue weighted by Gasteiger charge is -2.13. The van der Waals surface area contributed by atoms with Crippen LogP contribution in [0, 0.1) is 0 Å². The Labute approximate surface area is 184 Å². The zero-order valence-electron chi connectivity index (χ0n) is 16.2. The van der Waals surface area contributed by atoms with Crippen molar-refractivity contribution >= 4 is 46.4 Å². The normalized spacial score (nSPS) is 10.4. The van der Waals surface area contributed by atoms with Gasteiger partial charge in [-0.1, -0.05) is 11.6 Å². The zero-order valence-corrected chi connectivity index (χ0v) is 17.8. The summed E-state index contributed by atoms with van der Waals surface area (Å²) >= 11 is 6.38. The van der Waals surface area contributed by atoms with Gasteiger partial charge in [0.2, 0.25) is 0 Å². The maximum atomic E-state index is 6.38. The third-order valence-corrected chi connectivity index (χ3v) is 4.61. The van der Waals surface area contributed by atoms with E-state index in [-0.39, 0.29) is 12.4 Å². The van der Waals surface area contributed by atoms with Gasteiger partial charge in [0, 0.05) is 22.7 Å². The number of halogens is 2. The number of methoxy groups -OCH3 is 2. The predicted molar refractivity (Wildman–Crippen MR) is 118 cm³/mol. The average molecular weight is 448 g/mol. The van der Waals surface area contributed by atoms with Crippen molar-refractivity contribution in [2.45, 2.75) is 6.61 Å². The summed E-state index contributed by atoms with van der Waals surface area (Å²) in [5.74, 6) is 2.40. The molecule has 7 nitrogen and oxygen atoms in total. The minimum atomic E-state index is 0. The van der Waals surface area contributed by atoms with E-state index in [9.17, 15) is 0 Å². The third kappa shape index (κ3) is 4.53. The van der Waals surface area contributed by atoms with Crippen molar-refractivity contribution in [1.82, 2.24) is 9.97 Å². The van der Waals surface area contributed by atoms with Gasteiger partial charge in [0.05, 0.1) is 37.3 Å². The Morgan fingerprint density at radius 1 is 1.00 bits per heavy atom. The molecule has 0 radical (unpaired) electrons. The van der Waals surface area contributed by atoms with E-state index >= 15 is 0 Å². The maximum absolute atomic E-state index is 6.38. The van der Waals surface area contributed by atoms with Gasteiger partial charge in [0.15, 0.2) is 11.5 Å². The standard InChI is InChI=1S/C21H18ClN3O4.ClH/c1-26-19-8-15-17(9-20(19)27-2)23-12-24-21(15)25-14-3-4-18(16(22)7-14)29-11-13-5-6-28-10-13;/h3-10,12H,11H2,1-2H3,(H,23,24,25);1H. The molecule has 2 aromatic carbocycles. The topological polar surface area (TPSA) is 78.6 Å². The SMILES string of the molecule is COc1cc2ncnc(Nc3ccc(OCc4ccoc4)c(Cl)c3)c2cc1OC.Cl. The van der Waals surface area contributed by atoms with Crippen LogP contribution in [0.15, 0.2) is 59.7 Å². The number of furan rings is 1. The minimum Gasteiger partial charge on any atom is -0.493 e. The summed E-state index contributed by atoms with van der Waals surface area (Å²) in [7, 11) is 3.17. The summed E-state index contributed by atoms with van der Waals surface area (Å²) in [4.78, 5) is 8.66. The molecule has 9 heteroatoms. The second-order valence-electron chi connectivity index (χ2n) is 6.14. The molecule has 156 valence electrons. The second kappa shape index (κ2) is 9.56. The van der Waals surface area contributed by atoms with E-state index in [2.05, 4.69) is 15.3 Å². The Morgan fingerprint density at radius 2 is 1.80 bits per heavy atom. The molecule has 0 fully saturated rings. The summed E-state index contributed by atoms with van der Waals surface area (Å²) in [5, 5.41) is 4.55. The van der Waals surface area contributed by atoms with E-state index in [1.54, 1.807) is 44.9 Å². The monoisotopic (exact) mass is 447 g/mol. The number of ether oxygens (including phenoxy) is 3. The van der Waals surface area contributed by atoms with Crippen LogP contribution in [0.3, 0.4) is 0 Å². The van der Waals surface area contributed by atoms with Crippen molar-refractivity contribution < 1.29 is 18.6 Å². The number of benzene rings is 2. The Morgan fingerprint density at radius 3 is 2.50 bits per heavy atom. The van der Waals surface area contributed by atoms with Gasteiger partial charge in [0.25, 0.3) is 0 Å². The number of aromatic nitrogens is 2. The Balaban J connectivity index is 0.00000256. The summed E-state index contributed by atoms with van der Waals surface area (Å²) < 4.78 is 21.5. The first-order chi connectivity index (χ1) is 14.2. The molecule has 0 saturated carbocycles. The van der Waals surface area contributed by atoms with Crippen LogP contribution in [-0.2, 0) is 6.61 Å². The lowest BCUT2D eigenvalue weighted by Crippen LogP contribution is -1.99. The van der Waals surface area contributed by atoms with Gasteiger partial charge >= 0.3 is 0 Å². The molecule has 0 atom stereocenters. The Kier molecular flexibility index (Phi) is 6.87. The lowest BCUT2D eigenvalue weighted by molar-refractivity contribution is 0.305. The van der Waals surface area contributed by atoms with Crippen LogP contribution in [0.2, 0.25) is 5.02 Å². The van der Waals surface area contributed by atoms with Crippen molar-refractivity contribution in [1.29, 1.82) is 0 Å². The summed E-state index contributed by atoms with van der Waals surface area (Å²) in [6, 6.07) is 10.9. The van der Waals surface area contributed by atoms with Crippen LogP contribution in [-0.4, -0.2) is 24.2 Å². The molecule has 0 bridgehead atoms. The Bertz CT molecular complexity index is 1140. The molecule has 4 aromatic rings. The summed E-state index contributed by atoms with van der Waals surface area (Å²) in [6.07, 6.45) is 4.72. The van der Waals surface area contributed by atoms with E-state index in [4.69, 9.17) is 30.2 Å². The van der Waals surface area contributed by atoms with Gasteiger partial charge in [-0.2, -0.15) is 0 Å². The van der Waals surface area contributed by atoms with Gasteiger partial charge < -0.3 is 23.9 Å². The second-order valence-corrected chi connectivity index (χ2v) is 6.54. The van der Waals surface area contributed by atoms with Crippen LogP contribution in [0.1, 0.15) is 5.56 Å². The fraction of sp³-hybridized carbons (Fsp3) is 0.143. The molecule has 1 N–H and O–H groups in total. The van der Waals surface area contributed by atoms with Gasteiger partial charge in [-0.15, -0.1) is 12.4 Å². The smallest absolute Gasteiger partial charge is 0.162 e. The van der Waals surface area contributed by atoms with Crippen molar-refractivity contribution in [3.8, 4) is 17.2 Å². The molecule has 0 amide bonds. The molecule has 0 saturated heterocycles. The fourth-order valence-corrected chi connectivity index (χ4v) is 3.09. The van der Waals surface area contributed by atoms with Gasteiger partial charge in [0.1, 0.15) is 24.5 Å². The molecule has 0 aliphatic heterocycles. The average Bonchev–Trinajstić information content (AvgIpc) is 3.26. The number of hydrogen-bond acceptors (Lipinski definition) is 7. The third-order valence-electron chi connectivity index (χ3n) is 4.31. The highest BCUT2D eigenvalue weighted by Crippen LogP contribution is 2.35. The highest BCUT2D eigenvalue weighted by Gasteiger charge is 2.12. The van der Waals surface area contributed by atoms with Gasteiger partial charge in [-0.25, -0.2) is 9.97 Å². The maximum Gasteiger partial charge on any atom is 0.162 e. The van der Waals surface area contributed by atoms with Crippen molar-refractivity contribution in [2.75, 3.05) is 19.5 Å². The first-order valence-corrected chi connectivity index (χ1v) is 9.13. The van der Waals surface area contributed by atoms with Crippen LogP contribution in [0.25, 0.3) is 10.9 Å². The Hall–Kier alpha value is -3.16. The van der Waals surface area contributed by atoms with Gasteiger partial charge in [-0.05, 0) is 30.3 Å². The predicted octanol–water partition coefficient (Wildman–Crippen LogP) is 5.64. The summed E-state index contributed by atoms with van der Waals surface area (Å²) in [6.45, 7) is 0.376. The van der Waals surface area contributed by atoms with Crippen molar-refractivity contribution in [3.63, 3.8) is 0 Å². The molecule has 30 heavy (non-hydrogen) atoms. The van der Waals surface area contributed by atoms with Crippen LogP contribution in [0.4, 0.5) is 11.5 Å². The highest BCUT2D eigenvalue weighted by atomic mass is 35.5. The van der Waals surface area contributed by atoms with Crippen LogP contribution in [0.5, 0.6) is 17.2 Å². The lowest BCUT2D eigenvalue weighted by atomic mass is 10.2. The molecule has 0 aliphatic rings. The molecule has 0 unspecified atom stereocenters. The number of rotatable bonds is 7. The number of nitrogens with one attached hydrogen (secondary N) is 1.